The predicted octanol–water partition coefficient (Wildman–Crippen LogP) is 0.851. The lowest BCUT2D eigenvalue weighted by molar-refractivity contribution is -0.384. The standard InChI is InChI=1S/C48H67N9O15/c1-8-9-14-31(39(63)41(49)64)52-44(67)33(23-26(2)3)55-47(70)40(48(5,6)7)56-46(69)34(24-29-13-11-10-12-27(29)4)54-43(66)32(19-20-37(59)60)53-45(68)35(25-38(61)62)51-36(58)21-22-50-42(65)28-15-17-30(18-16-28)57(71)72/h10-13,15-18,26,31-35,40H,8-9,14,19-25H2,1-7H3,(H2,49,64)(H,50,65)(H,51,58)(H,52,67)(H,53,68)(H,54,66)(H,55,70)(H,56,69)(H,59,60)(H,61,62)/t31?,32-,33-,34-,35-,40+/m0/s1. The van der Waals surface area contributed by atoms with Crippen LogP contribution >= 0.6 is 0 Å². The number of nitrogens with two attached hydrogens (primary N) is 1. The molecule has 2 aromatic rings. The van der Waals surface area contributed by atoms with Gasteiger partial charge in [-0.05, 0) is 60.8 Å². The van der Waals surface area contributed by atoms with Crippen molar-refractivity contribution in [3.05, 3.63) is 75.3 Å². The van der Waals surface area contributed by atoms with Gasteiger partial charge in [0, 0.05) is 43.5 Å². The number of nitrogens with one attached hydrogen (secondary N) is 7. The molecule has 0 heterocycles. The second-order valence-corrected chi connectivity index (χ2v) is 18.6. The Kier molecular flexibility index (Phi) is 24.1. The average Bonchev–Trinajstić information content (AvgIpc) is 3.29. The smallest absolute Gasteiger partial charge is 0.305 e. The summed E-state index contributed by atoms with van der Waals surface area (Å²) in [6.07, 6.45) is -1.67. The fraction of sp³-hybridized carbons (Fsp3) is 0.521. The molecule has 0 bridgehead atoms. The number of hydrogen-bond acceptors (Lipinski definition) is 13. The molecule has 0 fully saturated rings. The summed E-state index contributed by atoms with van der Waals surface area (Å²) >= 11 is 0. The molecule has 0 aromatic heterocycles. The molecule has 394 valence electrons. The van der Waals surface area contributed by atoms with E-state index >= 15 is 0 Å². The van der Waals surface area contributed by atoms with Crippen LogP contribution in [0.15, 0.2) is 48.5 Å². The van der Waals surface area contributed by atoms with Crippen LogP contribution in [0.3, 0.4) is 0 Å². The number of hydrogen-bond donors (Lipinski definition) is 10. The third kappa shape index (κ3) is 20.7. The Hall–Kier alpha value is -7.79. The van der Waals surface area contributed by atoms with Crippen LogP contribution in [0.1, 0.15) is 114 Å². The van der Waals surface area contributed by atoms with Gasteiger partial charge < -0.3 is 53.2 Å². The molecule has 0 saturated heterocycles. The van der Waals surface area contributed by atoms with Crippen LogP contribution in [0.25, 0.3) is 0 Å². The van der Waals surface area contributed by atoms with Crippen LogP contribution in [-0.4, -0.2) is 123 Å². The van der Waals surface area contributed by atoms with Crippen LogP contribution in [0.2, 0.25) is 0 Å². The molecule has 0 saturated carbocycles. The number of rotatable bonds is 30. The summed E-state index contributed by atoms with van der Waals surface area (Å²) in [6, 6.07) is 2.41. The SMILES string of the molecule is CCCCC(NC(=O)[C@H](CC(C)C)NC(=O)[C@@H](NC(=O)[C@H](Cc1ccccc1C)NC(=O)[C@H](CCC(=O)O)NC(=O)[C@H](CC(=O)O)NC(=O)CCNC(=O)c1ccc([N+](=O)[O-])cc1)C(C)(C)C)C(=O)C(N)=O. The number of unbranched alkanes of at least 4 members (excludes halogenated alkanes) is 1. The quantitative estimate of drug-likeness (QED) is 0.0295. The number of nitrogens with zero attached hydrogens (tertiary/aromatic N) is 1. The minimum atomic E-state index is -1.83. The molecule has 0 aliphatic carbocycles. The van der Waals surface area contributed by atoms with Crippen LogP contribution in [-0.2, 0) is 54.4 Å². The Bertz CT molecular complexity index is 2310. The summed E-state index contributed by atoms with van der Waals surface area (Å²) in [5.41, 5.74) is 5.21. The highest BCUT2D eigenvalue weighted by Crippen LogP contribution is 2.21. The van der Waals surface area contributed by atoms with Crippen molar-refractivity contribution in [1.82, 2.24) is 37.2 Å². The number of carboxylic acid groups (broad SMARTS) is 2. The molecule has 11 N–H and O–H groups in total. The van der Waals surface area contributed by atoms with Crippen molar-refractivity contribution in [2.24, 2.45) is 17.1 Å². The van der Waals surface area contributed by atoms with E-state index in [4.69, 9.17) is 5.73 Å². The first-order chi connectivity index (χ1) is 33.6. The lowest BCUT2D eigenvalue weighted by atomic mass is 9.85. The zero-order chi connectivity index (χ0) is 54.5. The molecule has 6 atom stereocenters. The van der Waals surface area contributed by atoms with Crippen molar-refractivity contribution in [2.75, 3.05) is 6.54 Å². The number of non-ortho nitro benzene ring substituents is 1. The summed E-state index contributed by atoms with van der Waals surface area (Å²) in [7, 11) is 0. The third-order valence-electron chi connectivity index (χ3n) is 11.1. The number of nitro groups is 1. The second kappa shape index (κ2) is 28.8. The van der Waals surface area contributed by atoms with E-state index in [-0.39, 0.29) is 43.0 Å². The van der Waals surface area contributed by atoms with Gasteiger partial charge in [0.25, 0.3) is 17.5 Å². The largest absolute Gasteiger partial charge is 0.481 e. The highest BCUT2D eigenvalue weighted by atomic mass is 16.6. The number of ketones is 1. The Balaban J connectivity index is 2.42. The Morgan fingerprint density at radius 2 is 1.24 bits per heavy atom. The van der Waals surface area contributed by atoms with Crippen LogP contribution in [0.5, 0.6) is 0 Å². The van der Waals surface area contributed by atoms with Crippen molar-refractivity contribution >= 4 is 70.7 Å². The van der Waals surface area contributed by atoms with E-state index in [0.29, 0.717) is 24.0 Å². The van der Waals surface area contributed by atoms with Gasteiger partial charge in [0.05, 0.1) is 17.4 Å². The van der Waals surface area contributed by atoms with E-state index in [9.17, 15) is 73.1 Å². The summed E-state index contributed by atoms with van der Waals surface area (Å²) in [5, 5.41) is 47.4. The summed E-state index contributed by atoms with van der Waals surface area (Å²) in [6.45, 7) is 11.7. The summed E-state index contributed by atoms with van der Waals surface area (Å²) < 4.78 is 0. The monoisotopic (exact) mass is 1010 g/mol. The van der Waals surface area contributed by atoms with Gasteiger partial charge in [-0.3, -0.25) is 62.9 Å². The summed E-state index contributed by atoms with van der Waals surface area (Å²) in [4.78, 5) is 154. The van der Waals surface area contributed by atoms with Crippen molar-refractivity contribution in [3.8, 4) is 0 Å². The highest BCUT2D eigenvalue weighted by molar-refractivity contribution is 6.37. The molecule has 0 aliphatic rings. The molecule has 24 nitrogen and oxygen atoms in total. The van der Waals surface area contributed by atoms with E-state index in [0.717, 1.165) is 12.1 Å². The first-order valence-corrected chi connectivity index (χ1v) is 23.3. The number of primary amides is 1. The molecule has 2 rings (SSSR count). The van der Waals surface area contributed by atoms with Gasteiger partial charge in [-0.2, -0.15) is 0 Å². The number of aryl methyl sites for hydroxylation is 1. The summed E-state index contributed by atoms with van der Waals surface area (Å²) in [5.74, 6) is -11.8. The normalized spacial score (nSPS) is 13.6. The Labute approximate surface area is 416 Å². The number of carboxylic acids is 2. The zero-order valence-corrected chi connectivity index (χ0v) is 41.5. The molecule has 72 heavy (non-hydrogen) atoms. The maximum Gasteiger partial charge on any atom is 0.305 e. The van der Waals surface area contributed by atoms with Gasteiger partial charge in [-0.1, -0.05) is 78.6 Å². The van der Waals surface area contributed by atoms with Crippen molar-refractivity contribution in [1.29, 1.82) is 0 Å². The zero-order valence-electron chi connectivity index (χ0n) is 41.5. The fourth-order valence-electron chi connectivity index (χ4n) is 7.12. The third-order valence-corrected chi connectivity index (χ3v) is 11.1. The molecule has 0 aliphatic heterocycles. The van der Waals surface area contributed by atoms with E-state index in [1.54, 1.807) is 65.8 Å². The lowest BCUT2D eigenvalue weighted by Crippen LogP contribution is -2.62. The van der Waals surface area contributed by atoms with Gasteiger partial charge in [0.15, 0.2) is 0 Å². The first-order valence-electron chi connectivity index (χ1n) is 23.3. The number of aliphatic carboxylic acids is 2. The molecule has 0 spiro atoms. The van der Waals surface area contributed by atoms with Gasteiger partial charge in [-0.25, -0.2) is 0 Å². The van der Waals surface area contributed by atoms with E-state index in [1.165, 1.54) is 12.1 Å². The highest BCUT2D eigenvalue weighted by Gasteiger charge is 2.39. The topological polar surface area (TPSA) is 382 Å². The fourth-order valence-corrected chi connectivity index (χ4v) is 7.12. The number of carbonyl (C=O) groups is 11. The van der Waals surface area contributed by atoms with Crippen molar-refractivity contribution in [2.45, 2.75) is 143 Å². The lowest BCUT2D eigenvalue weighted by Gasteiger charge is -2.34. The van der Waals surface area contributed by atoms with Crippen molar-refractivity contribution < 1.29 is 67.9 Å². The molecule has 1 unspecified atom stereocenters. The molecule has 2 aromatic carbocycles. The molecular formula is C48H67N9O15. The van der Waals surface area contributed by atoms with E-state index in [1.807, 2.05) is 6.92 Å². The Morgan fingerprint density at radius 1 is 0.681 bits per heavy atom. The van der Waals surface area contributed by atoms with Crippen LogP contribution in [0.4, 0.5) is 5.69 Å². The predicted molar refractivity (Wildman–Crippen MR) is 258 cm³/mol. The minimum Gasteiger partial charge on any atom is -0.481 e. The van der Waals surface area contributed by atoms with Crippen LogP contribution in [0, 0.1) is 28.4 Å². The number of carbonyl (C=O) groups excluding carboxylic acids is 9. The Morgan fingerprint density at radius 3 is 1.78 bits per heavy atom. The maximum absolute atomic E-state index is 14.4. The molecular weight excluding hydrogens is 943 g/mol. The van der Waals surface area contributed by atoms with Gasteiger partial charge >= 0.3 is 11.9 Å². The van der Waals surface area contributed by atoms with Crippen LogP contribution < -0.4 is 43.0 Å². The molecule has 0 radical (unpaired) electrons. The average molecular weight is 1010 g/mol. The molecule has 24 heteroatoms. The second-order valence-electron chi connectivity index (χ2n) is 18.6. The number of amides is 8. The van der Waals surface area contributed by atoms with Gasteiger partial charge in [0.2, 0.25) is 41.2 Å². The van der Waals surface area contributed by atoms with Crippen molar-refractivity contribution in [3.63, 3.8) is 0 Å². The maximum atomic E-state index is 14.4. The minimum absolute atomic E-state index is 0.0383. The van der Waals surface area contributed by atoms with E-state index < -0.39 is 137 Å². The van der Waals surface area contributed by atoms with E-state index in [2.05, 4.69) is 37.2 Å². The molecule has 8 amide bonds. The first kappa shape index (κ1) is 60.3. The van der Waals surface area contributed by atoms with Gasteiger partial charge in [0.1, 0.15) is 30.2 Å². The number of nitro benzene ring substituents is 1. The number of benzene rings is 2. The number of Topliss-reactive ketones (excluding diaryl/α,β-unsaturated/α-hetero) is 1. The van der Waals surface area contributed by atoms with Gasteiger partial charge in [-0.15, -0.1) is 0 Å².